The third kappa shape index (κ3) is 4.38. The molecule has 3 aliphatic rings. The first-order valence-corrected chi connectivity index (χ1v) is 14.4. The van der Waals surface area contributed by atoms with Gasteiger partial charge in [0.25, 0.3) is 0 Å². The molecular weight excluding hydrogens is 488 g/mol. The van der Waals surface area contributed by atoms with Gasteiger partial charge < -0.3 is 19.5 Å². The van der Waals surface area contributed by atoms with E-state index in [1.54, 1.807) is 0 Å². The summed E-state index contributed by atoms with van der Waals surface area (Å²) in [6.07, 6.45) is 5.81. The van der Waals surface area contributed by atoms with Gasteiger partial charge in [-0.25, -0.2) is 0 Å². The standard InChI is InChI=1S/C32H36N4O3/c1-22-25(28-20-24(37)19-23-7-2-3-8-26(23)28)9-10-27-29(22)33-31(34-30(27)35-13-6-17-38-18-16-35)39-21-32-11-4-14-36(32)15-5-12-32/h2-3,7-10,19-20,37H,4-6,11-18,21H2,1H3. The van der Waals surface area contributed by atoms with E-state index in [1.807, 2.05) is 30.3 Å². The molecular formula is C32H36N4O3. The van der Waals surface area contributed by atoms with Crippen molar-refractivity contribution >= 4 is 27.5 Å². The lowest BCUT2D eigenvalue weighted by Crippen LogP contribution is -2.43. The summed E-state index contributed by atoms with van der Waals surface area (Å²) in [5, 5.41) is 13.7. The lowest BCUT2D eigenvalue weighted by molar-refractivity contribution is 0.108. The number of benzene rings is 3. The minimum absolute atomic E-state index is 0.131. The molecule has 3 aromatic carbocycles. The molecule has 7 nitrogen and oxygen atoms in total. The summed E-state index contributed by atoms with van der Waals surface area (Å²) in [4.78, 5) is 15.0. The zero-order valence-electron chi connectivity index (χ0n) is 22.7. The fraction of sp³-hybridized carbons (Fsp3) is 0.438. The summed E-state index contributed by atoms with van der Waals surface area (Å²) >= 11 is 0. The number of anilines is 1. The molecule has 4 heterocycles. The Morgan fingerprint density at radius 2 is 1.74 bits per heavy atom. The fourth-order valence-electron chi connectivity index (χ4n) is 7.03. The maximum absolute atomic E-state index is 10.5. The van der Waals surface area contributed by atoms with Crippen LogP contribution in [0.2, 0.25) is 0 Å². The summed E-state index contributed by atoms with van der Waals surface area (Å²) in [7, 11) is 0. The van der Waals surface area contributed by atoms with Gasteiger partial charge in [0.05, 0.1) is 17.7 Å². The lowest BCUT2D eigenvalue weighted by Gasteiger charge is -2.31. The van der Waals surface area contributed by atoms with Crippen LogP contribution in [0, 0.1) is 6.92 Å². The fourth-order valence-corrected chi connectivity index (χ4v) is 7.03. The Kier molecular flexibility index (Phi) is 6.28. The van der Waals surface area contributed by atoms with Gasteiger partial charge in [-0.15, -0.1) is 0 Å². The Labute approximate surface area is 229 Å². The summed E-state index contributed by atoms with van der Waals surface area (Å²) in [6.45, 7) is 8.24. The zero-order valence-corrected chi connectivity index (χ0v) is 22.7. The highest BCUT2D eigenvalue weighted by atomic mass is 16.5. The number of hydrogen-bond acceptors (Lipinski definition) is 7. The molecule has 202 valence electrons. The van der Waals surface area contributed by atoms with Crippen LogP contribution in [0.4, 0.5) is 5.82 Å². The van der Waals surface area contributed by atoms with Crippen molar-refractivity contribution in [3.05, 3.63) is 54.1 Å². The number of fused-ring (bicyclic) bond motifs is 3. The smallest absolute Gasteiger partial charge is 0.319 e. The molecule has 0 spiro atoms. The van der Waals surface area contributed by atoms with Gasteiger partial charge in [-0.2, -0.15) is 9.97 Å². The molecule has 1 aromatic heterocycles. The Bertz CT molecular complexity index is 1520. The van der Waals surface area contributed by atoms with Crippen molar-refractivity contribution < 1.29 is 14.6 Å². The highest BCUT2D eigenvalue weighted by molar-refractivity contribution is 6.02. The molecule has 4 aromatic rings. The number of phenols is 1. The quantitative estimate of drug-likeness (QED) is 0.359. The van der Waals surface area contributed by atoms with E-state index in [2.05, 4.69) is 34.9 Å². The molecule has 39 heavy (non-hydrogen) atoms. The van der Waals surface area contributed by atoms with Crippen LogP contribution < -0.4 is 9.64 Å². The molecule has 0 atom stereocenters. The number of rotatable bonds is 5. The number of ether oxygens (including phenoxy) is 2. The van der Waals surface area contributed by atoms with Crippen LogP contribution >= 0.6 is 0 Å². The van der Waals surface area contributed by atoms with Crippen molar-refractivity contribution in [3.63, 3.8) is 0 Å². The van der Waals surface area contributed by atoms with Crippen LogP contribution in [0.3, 0.4) is 0 Å². The van der Waals surface area contributed by atoms with E-state index < -0.39 is 0 Å². The van der Waals surface area contributed by atoms with E-state index in [0.717, 1.165) is 70.3 Å². The Balaban J connectivity index is 1.35. The number of nitrogens with zero attached hydrogens (tertiary/aromatic N) is 4. The van der Waals surface area contributed by atoms with Crippen molar-refractivity contribution in [3.8, 4) is 22.9 Å². The SMILES string of the molecule is Cc1c(-c2cc(O)cc3ccccc23)ccc2c(N3CCCOCC3)nc(OCC34CCCN3CCC4)nc12. The van der Waals surface area contributed by atoms with Crippen LogP contribution in [0.1, 0.15) is 37.7 Å². The number of aromatic nitrogens is 2. The van der Waals surface area contributed by atoms with Gasteiger partial charge in [0.2, 0.25) is 0 Å². The Morgan fingerprint density at radius 3 is 2.62 bits per heavy atom. The van der Waals surface area contributed by atoms with Gasteiger partial charge in [0.1, 0.15) is 18.2 Å². The van der Waals surface area contributed by atoms with E-state index in [-0.39, 0.29) is 11.3 Å². The summed E-state index contributed by atoms with van der Waals surface area (Å²) in [6, 6.07) is 16.6. The van der Waals surface area contributed by atoms with Crippen LogP contribution in [-0.2, 0) is 4.74 Å². The molecule has 0 amide bonds. The largest absolute Gasteiger partial charge is 0.508 e. The van der Waals surface area contributed by atoms with Crippen molar-refractivity contribution in [2.75, 3.05) is 50.9 Å². The van der Waals surface area contributed by atoms with Gasteiger partial charge in [-0.3, -0.25) is 4.90 Å². The molecule has 7 rings (SSSR count). The van der Waals surface area contributed by atoms with E-state index >= 15 is 0 Å². The average molecular weight is 525 g/mol. The van der Waals surface area contributed by atoms with Gasteiger partial charge >= 0.3 is 6.01 Å². The van der Waals surface area contributed by atoms with Crippen LogP contribution in [0.15, 0.2) is 48.5 Å². The third-order valence-corrected chi connectivity index (χ3v) is 9.02. The van der Waals surface area contributed by atoms with Crippen molar-refractivity contribution in [2.45, 2.75) is 44.6 Å². The van der Waals surface area contributed by atoms with E-state index in [9.17, 15) is 5.11 Å². The van der Waals surface area contributed by atoms with Crippen LogP contribution in [-0.4, -0.2) is 71.5 Å². The van der Waals surface area contributed by atoms with Crippen molar-refractivity contribution in [2.24, 2.45) is 0 Å². The summed E-state index contributed by atoms with van der Waals surface area (Å²) in [5.41, 5.74) is 4.15. The summed E-state index contributed by atoms with van der Waals surface area (Å²) in [5.74, 6) is 1.18. The molecule has 0 aliphatic carbocycles. The highest BCUT2D eigenvalue weighted by Crippen LogP contribution is 2.41. The maximum atomic E-state index is 10.5. The molecule has 0 saturated carbocycles. The predicted octanol–water partition coefficient (Wildman–Crippen LogP) is 5.70. The first-order valence-electron chi connectivity index (χ1n) is 14.4. The number of phenolic OH excluding ortho intramolecular Hbond substituents is 1. The normalized spacial score (nSPS) is 19.5. The Hall–Kier alpha value is -3.42. The topological polar surface area (TPSA) is 71.0 Å². The molecule has 0 bridgehead atoms. The highest BCUT2D eigenvalue weighted by Gasteiger charge is 2.45. The van der Waals surface area contributed by atoms with Gasteiger partial charge in [-0.05, 0) is 97.8 Å². The lowest BCUT2D eigenvalue weighted by atomic mass is 9.93. The molecule has 3 fully saturated rings. The molecule has 1 N–H and O–H groups in total. The second-order valence-electron chi connectivity index (χ2n) is 11.3. The van der Waals surface area contributed by atoms with E-state index in [4.69, 9.17) is 19.4 Å². The second kappa shape index (κ2) is 9.96. The Morgan fingerprint density at radius 1 is 0.897 bits per heavy atom. The van der Waals surface area contributed by atoms with Gasteiger partial charge in [0, 0.05) is 25.1 Å². The van der Waals surface area contributed by atoms with E-state index in [0.29, 0.717) is 19.2 Å². The van der Waals surface area contributed by atoms with Crippen LogP contribution in [0.5, 0.6) is 11.8 Å². The van der Waals surface area contributed by atoms with Crippen molar-refractivity contribution in [1.82, 2.24) is 14.9 Å². The number of aryl methyl sites for hydroxylation is 1. The minimum atomic E-state index is 0.131. The maximum Gasteiger partial charge on any atom is 0.319 e. The molecule has 0 unspecified atom stereocenters. The first kappa shape index (κ1) is 24.6. The monoisotopic (exact) mass is 524 g/mol. The first-order chi connectivity index (χ1) is 19.1. The number of aromatic hydroxyl groups is 1. The second-order valence-corrected chi connectivity index (χ2v) is 11.3. The molecule has 0 radical (unpaired) electrons. The summed E-state index contributed by atoms with van der Waals surface area (Å²) < 4.78 is 12.3. The van der Waals surface area contributed by atoms with Crippen molar-refractivity contribution in [1.29, 1.82) is 0 Å². The zero-order chi connectivity index (χ0) is 26.4. The number of hydrogen-bond donors (Lipinski definition) is 1. The predicted molar refractivity (Wildman–Crippen MR) is 155 cm³/mol. The molecule has 3 saturated heterocycles. The third-order valence-electron chi connectivity index (χ3n) is 9.02. The average Bonchev–Trinajstić information content (AvgIpc) is 3.41. The molecule has 7 heteroatoms. The minimum Gasteiger partial charge on any atom is -0.508 e. The van der Waals surface area contributed by atoms with Crippen LogP contribution in [0.25, 0.3) is 32.8 Å². The molecule has 3 aliphatic heterocycles. The van der Waals surface area contributed by atoms with Gasteiger partial charge in [-0.1, -0.05) is 30.3 Å². The van der Waals surface area contributed by atoms with Gasteiger partial charge in [0.15, 0.2) is 0 Å². The van der Waals surface area contributed by atoms with E-state index in [1.165, 1.54) is 38.8 Å².